The molecule has 0 atom stereocenters. The van der Waals surface area contributed by atoms with Gasteiger partial charge in [0, 0.05) is 22.7 Å². The van der Waals surface area contributed by atoms with Gasteiger partial charge < -0.3 is 5.11 Å². The molecule has 102 valence electrons. The van der Waals surface area contributed by atoms with Gasteiger partial charge in [0.2, 0.25) is 0 Å². The zero-order valence-corrected chi connectivity index (χ0v) is 12.2. The summed E-state index contributed by atoms with van der Waals surface area (Å²) < 4.78 is 0. The fourth-order valence-electron chi connectivity index (χ4n) is 1.87. The maximum Gasteiger partial charge on any atom is 0.124 e. The summed E-state index contributed by atoms with van der Waals surface area (Å²) in [7, 11) is 0. The van der Waals surface area contributed by atoms with Gasteiger partial charge in [0.05, 0.1) is 10.7 Å². The number of aromatic hydroxyl groups is 1. The number of benzene rings is 1. The van der Waals surface area contributed by atoms with E-state index in [0.717, 1.165) is 22.0 Å². The van der Waals surface area contributed by atoms with E-state index in [2.05, 4.69) is 21.8 Å². The number of hydrogen-bond acceptors (Lipinski definition) is 4. The molecule has 2 aromatic heterocycles. The van der Waals surface area contributed by atoms with Gasteiger partial charge in [0.25, 0.3) is 0 Å². The van der Waals surface area contributed by atoms with Crippen LogP contribution >= 0.6 is 11.3 Å². The number of nitrogens with zero attached hydrogens (tertiary/aromatic N) is 2. The number of pyridine rings is 1. The Bertz CT molecular complexity index is 826. The summed E-state index contributed by atoms with van der Waals surface area (Å²) in [6, 6.07) is 10.9. The van der Waals surface area contributed by atoms with Crippen LogP contribution in [0.2, 0.25) is 0 Å². The van der Waals surface area contributed by atoms with Crippen molar-refractivity contribution in [3.8, 4) is 28.8 Å². The minimum atomic E-state index is 0.224. The fraction of sp³-hybridized carbons (Fsp3) is 0.0588. The van der Waals surface area contributed by atoms with Crippen molar-refractivity contribution >= 4 is 11.3 Å². The molecule has 1 aromatic carbocycles. The van der Waals surface area contributed by atoms with Crippen LogP contribution in [0, 0.1) is 18.8 Å². The molecule has 0 spiro atoms. The van der Waals surface area contributed by atoms with E-state index in [-0.39, 0.29) is 5.75 Å². The number of thiazole rings is 1. The number of rotatable bonds is 1. The van der Waals surface area contributed by atoms with Gasteiger partial charge in [-0.1, -0.05) is 18.1 Å². The molecule has 21 heavy (non-hydrogen) atoms. The number of phenolic OH excluding ortho intramolecular Hbond substituents is 1. The van der Waals surface area contributed by atoms with Gasteiger partial charge in [0.15, 0.2) is 0 Å². The van der Waals surface area contributed by atoms with Crippen molar-refractivity contribution in [2.45, 2.75) is 6.92 Å². The van der Waals surface area contributed by atoms with Crippen LogP contribution in [0.5, 0.6) is 5.75 Å². The highest BCUT2D eigenvalue weighted by Crippen LogP contribution is 2.26. The van der Waals surface area contributed by atoms with E-state index in [4.69, 9.17) is 0 Å². The van der Waals surface area contributed by atoms with Crippen LogP contribution in [-0.4, -0.2) is 15.1 Å². The lowest BCUT2D eigenvalue weighted by Crippen LogP contribution is -1.85. The molecule has 0 fully saturated rings. The molecule has 0 amide bonds. The Hall–Kier alpha value is -2.64. The molecule has 3 nitrogen and oxygen atoms in total. The Morgan fingerprint density at radius 1 is 1.10 bits per heavy atom. The molecule has 3 aromatic rings. The predicted molar refractivity (Wildman–Crippen MR) is 84.2 cm³/mol. The lowest BCUT2D eigenvalue weighted by Gasteiger charge is -2.02. The van der Waals surface area contributed by atoms with Crippen molar-refractivity contribution in [1.29, 1.82) is 0 Å². The largest absolute Gasteiger partial charge is 0.507 e. The van der Waals surface area contributed by atoms with Gasteiger partial charge in [0.1, 0.15) is 11.4 Å². The Morgan fingerprint density at radius 3 is 2.62 bits per heavy atom. The van der Waals surface area contributed by atoms with Crippen molar-refractivity contribution in [2.24, 2.45) is 0 Å². The van der Waals surface area contributed by atoms with Crippen LogP contribution < -0.4 is 0 Å². The summed E-state index contributed by atoms with van der Waals surface area (Å²) in [5.74, 6) is 6.27. The summed E-state index contributed by atoms with van der Waals surface area (Å²) in [5.41, 5.74) is 3.04. The first-order valence-electron chi connectivity index (χ1n) is 6.41. The number of phenols is 1. The average molecular weight is 292 g/mol. The van der Waals surface area contributed by atoms with Gasteiger partial charge in [-0.3, -0.25) is 4.98 Å². The topological polar surface area (TPSA) is 46.0 Å². The average Bonchev–Trinajstić information content (AvgIpc) is 2.92. The maximum atomic E-state index is 9.81. The summed E-state index contributed by atoms with van der Waals surface area (Å²) in [6.07, 6.45) is 1.70. The molecule has 0 radical (unpaired) electrons. The first kappa shape index (κ1) is 13.3. The lowest BCUT2D eigenvalue weighted by atomic mass is 10.1. The van der Waals surface area contributed by atoms with E-state index in [0.29, 0.717) is 5.56 Å². The zero-order chi connectivity index (χ0) is 14.7. The highest BCUT2D eigenvalue weighted by Gasteiger charge is 2.03. The van der Waals surface area contributed by atoms with Crippen molar-refractivity contribution in [1.82, 2.24) is 9.97 Å². The lowest BCUT2D eigenvalue weighted by molar-refractivity contribution is 0.477. The third kappa shape index (κ3) is 3.10. The van der Waals surface area contributed by atoms with Crippen LogP contribution in [-0.2, 0) is 0 Å². The van der Waals surface area contributed by atoms with Gasteiger partial charge in [-0.2, -0.15) is 0 Å². The first-order valence-corrected chi connectivity index (χ1v) is 7.29. The van der Waals surface area contributed by atoms with Crippen molar-refractivity contribution in [3.05, 3.63) is 64.2 Å². The summed E-state index contributed by atoms with van der Waals surface area (Å²) in [5, 5.41) is 12.8. The minimum Gasteiger partial charge on any atom is -0.507 e. The minimum absolute atomic E-state index is 0.224. The fourth-order valence-corrected chi connectivity index (χ4v) is 2.42. The van der Waals surface area contributed by atoms with E-state index in [9.17, 15) is 5.11 Å². The Balaban J connectivity index is 1.85. The van der Waals surface area contributed by atoms with Gasteiger partial charge >= 0.3 is 0 Å². The molecule has 0 saturated carbocycles. The van der Waals surface area contributed by atoms with Crippen LogP contribution in [0.1, 0.15) is 16.3 Å². The third-order valence-electron chi connectivity index (χ3n) is 2.90. The predicted octanol–water partition coefficient (Wildman–Crippen LogP) is 3.62. The van der Waals surface area contributed by atoms with Crippen LogP contribution in [0.3, 0.4) is 0 Å². The van der Waals surface area contributed by atoms with Crippen molar-refractivity contribution < 1.29 is 5.11 Å². The number of hydrogen-bond donors (Lipinski definition) is 1. The summed E-state index contributed by atoms with van der Waals surface area (Å²) in [6.45, 7) is 1.96. The second-order valence-corrected chi connectivity index (χ2v) is 5.51. The zero-order valence-electron chi connectivity index (χ0n) is 11.4. The molecule has 0 aliphatic rings. The molecular formula is C17H12N2OS. The summed E-state index contributed by atoms with van der Waals surface area (Å²) >= 11 is 1.58. The molecular weight excluding hydrogens is 280 g/mol. The second-order valence-electron chi connectivity index (χ2n) is 4.45. The first-order chi connectivity index (χ1) is 10.2. The molecule has 0 bridgehead atoms. The molecule has 0 unspecified atom stereocenters. The molecule has 1 N–H and O–H groups in total. The Morgan fingerprint density at radius 2 is 1.95 bits per heavy atom. The van der Waals surface area contributed by atoms with Gasteiger partial charge in [-0.25, -0.2) is 4.98 Å². The Kier molecular flexibility index (Phi) is 3.67. The molecule has 3 rings (SSSR count). The van der Waals surface area contributed by atoms with E-state index >= 15 is 0 Å². The molecule has 0 aliphatic carbocycles. The van der Waals surface area contributed by atoms with Crippen LogP contribution in [0.25, 0.3) is 11.3 Å². The quantitative estimate of drug-likeness (QED) is 0.697. The van der Waals surface area contributed by atoms with Crippen LogP contribution in [0.15, 0.2) is 48.0 Å². The molecule has 0 saturated heterocycles. The Labute approximate surface area is 127 Å². The van der Waals surface area contributed by atoms with Gasteiger partial charge in [-0.15, -0.1) is 11.3 Å². The van der Waals surface area contributed by atoms with E-state index in [1.807, 2.05) is 36.6 Å². The maximum absolute atomic E-state index is 9.81. The second kappa shape index (κ2) is 5.78. The van der Waals surface area contributed by atoms with Gasteiger partial charge in [-0.05, 0) is 37.1 Å². The number of para-hydroxylation sites is 1. The van der Waals surface area contributed by atoms with Crippen molar-refractivity contribution in [2.75, 3.05) is 0 Å². The van der Waals surface area contributed by atoms with E-state index in [1.165, 1.54) is 0 Å². The SMILES string of the molecule is Cc1nc(C#Cc2ccc(-c3ccccc3O)nc2)cs1. The highest BCUT2D eigenvalue weighted by molar-refractivity contribution is 7.09. The monoisotopic (exact) mass is 292 g/mol. The van der Waals surface area contributed by atoms with Crippen LogP contribution in [0.4, 0.5) is 0 Å². The van der Waals surface area contributed by atoms with Crippen molar-refractivity contribution in [3.63, 3.8) is 0 Å². The van der Waals surface area contributed by atoms with E-state index < -0.39 is 0 Å². The third-order valence-corrected chi connectivity index (χ3v) is 3.67. The number of aromatic nitrogens is 2. The summed E-state index contributed by atoms with van der Waals surface area (Å²) in [4.78, 5) is 8.64. The highest BCUT2D eigenvalue weighted by atomic mass is 32.1. The molecule has 4 heteroatoms. The normalized spacial score (nSPS) is 9.95. The smallest absolute Gasteiger partial charge is 0.124 e. The standard InChI is InChI=1S/C17H12N2OS/c1-12-19-14(11-21-12)8-6-13-7-9-16(18-10-13)15-4-2-3-5-17(15)20/h2-5,7,9-11,20H,1H3. The molecule has 2 heterocycles. The van der Waals surface area contributed by atoms with E-state index in [1.54, 1.807) is 29.7 Å². The molecule has 0 aliphatic heterocycles. The number of aryl methyl sites for hydroxylation is 1.